The van der Waals surface area contributed by atoms with Gasteiger partial charge >= 0.3 is 0 Å². The molecule has 1 aromatic carbocycles. The molecule has 0 bridgehead atoms. The van der Waals surface area contributed by atoms with Crippen LogP contribution < -0.4 is 19.5 Å². The second-order valence-electron chi connectivity index (χ2n) is 4.04. The van der Waals surface area contributed by atoms with Crippen LogP contribution in [0.4, 0.5) is 0 Å². The van der Waals surface area contributed by atoms with Gasteiger partial charge in [-0.25, -0.2) is 0 Å². The fourth-order valence-corrected chi connectivity index (χ4v) is 1.78. The molecule has 0 unspecified atom stereocenters. The summed E-state index contributed by atoms with van der Waals surface area (Å²) in [5.74, 6) is 2.84. The summed E-state index contributed by atoms with van der Waals surface area (Å²) in [6.45, 7) is 1.35. The second-order valence-corrected chi connectivity index (χ2v) is 4.49. The van der Waals surface area contributed by atoms with Gasteiger partial charge in [0.15, 0.2) is 11.5 Å². The number of carbonyl (C=O) groups excluding carboxylic acids is 1. The third-order valence-corrected chi connectivity index (χ3v) is 2.82. The van der Waals surface area contributed by atoms with E-state index < -0.39 is 0 Å². The molecule has 2 rings (SSSR count). The number of hydrogen-bond acceptors (Lipinski definition) is 5. The molecule has 0 saturated heterocycles. The third-order valence-electron chi connectivity index (χ3n) is 2.59. The van der Waals surface area contributed by atoms with Gasteiger partial charge in [-0.15, -0.1) is 0 Å². The van der Waals surface area contributed by atoms with Crippen molar-refractivity contribution in [3.05, 3.63) is 18.2 Å². The van der Waals surface area contributed by atoms with Gasteiger partial charge in [0.05, 0.1) is 6.61 Å². The van der Waals surface area contributed by atoms with Gasteiger partial charge in [-0.2, -0.15) is 12.6 Å². The standard InChI is InChI=1S/C13H17NO4S/c15-13(14-5-7-19)2-1-6-16-10-3-4-11-12(8-10)18-9-17-11/h3-4,8,19H,1-2,5-7,9H2,(H,14,15). The number of ether oxygens (including phenoxy) is 3. The molecule has 0 spiro atoms. The van der Waals surface area contributed by atoms with Crippen molar-refractivity contribution >= 4 is 18.5 Å². The first-order valence-electron chi connectivity index (χ1n) is 6.19. The summed E-state index contributed by atoms with van der Waals surface area (Å²) in [6.07, 6.45) is 1.13. The van der Waals surface area contributed by atoms with Crippen LogP contribution in [0.2, 0.25) is 0 Å². The highest BCUT2D eigenvalue weighted by Crippen LogP contribution is 2.35. The molecule has 0 atom stereocenters. The molecule has 1 N–H and O–H groups in total. The van der Waals surface area contributed by atoms with Crippen LogP contribution in [0.5, 0.6) is 17.2 Å². The van der Waals surface area contributed by atoms with Gasteiger partial charge < -0.3 is 19.5 Å². The summed E-state index contributed by atoms with van der Waals surface area (Å²) in [7, 11) is 0. The van der Waals surface area contributed by atoms with E-state index in [4.69, 9.17) is 14.2 Å². The van der Waals surface area contributed by atoms with Gasteiger partial charge in [-0.05, 0) is 18.6 Å². The lowest BCUT2D eigenvalue weighted by atomic mass is 10.3. The number of amides is 1. The highest BCUT2D eigenvalue weighted by Gasteiger charge is 2.13. The Morgan fingerprint density at radius 2 is 2.21 bits per heavy atom. The van der Waals surface area contributed by atoms with E-state index in [0.29, 0.717) is 37.5 Å². The van der Waals surface area contributed by atoms with E-state index >= 15 is 0 Å². The van der Waals surface area contributed by atoms with Crippen molar-refractivity contribution in [3.8, 4) is 17.2 Å². The molecule has 0 saturated carbocycles. The maximum atomic E-state index is 11.3. The molecule has 0 aliphatic carbocycles. The highest BCUT2D eigenvalue weighted by atomic mass is 32.1. The third kappa shape index (κ3) is 4.24. The molecule has 1 heterocycles. The number of carbonyl (C=O) groups is 1. The van der Waals surface area contributed by atoms with Crippen molar-refractivity contribution in [1.29, 1.82) is 0 Å². The van der Waals surface area contributed by atoms with E-state index in [1.165, 1.54) is 0 Å². The van der Waals surface area contributed by atoms with Crippen LogP contribution in [0.25, 0.3) is 0 Å². The van der Waals surface area contributed by atoms with Gasteiger partial charge in [0.1, 0.15) is 5.75 Å². The molecule has 5 nitrogen and oxygen atoms in total. The Morgan fingerprint density at radius 3 is 3.05 bits per heavy atom. The predicted molar refractivity (Wildman–Crippen MR) is 74.2 cm³/mol. The average molecular weight is 283 g/mol. The quantitative estimate of drug-likeness (QED) is 0.590. The van der Waals surface area contributed by atoms with E-state index in [9.17, 15) is 4.79 Å². The van der Waals surface area contributed by atoms with Crippen LogP contribution in [-0.4, -0.2) is 31.6 Å². The Balaban J connectivity index is 1.67. The maximum Gasteiger partial charge on any atom is 0.231 e. The summed E-state index contributed by atoms with van der Waals surface area (Å²) in [5, 5.41) is 2.76. The Kier molecular flexibility index (Phi) is 5.20. The van der Waals surface area contributed by atoms with Gasteiger partial charge in [0.25, 0.3) is 0 Å². The number of rotatable bonds is 7. The first-order valence-corrected chi connectivity index (χ1v) is 6.83. The number of fused-ring (bicyclic) bond motifs is 1. The van der Waals surface area contributed by atoms with Gasteiger partial charge in [-0.3, -0.25) is 4.79 Å². The van der Waals surface area contributed by atoms with Crippen molar-refractivity contribution in [1.82, 2.24) is 5.32 Å². The normalized spacial score (nSPS) is 12.3. The monoisotopic (exact) mass is 283 g/mol. The molecule has 1 aromatic rings. The van der Waals surface area contributed by atoms with Crippen LogP contribution in [0.3, 0.4) is 0 Å². The number of thiol groups is 1. The zero-order chi connectivity index (χ0) is 13.5. The van der Waals surface area contributed by atoms with Crippen LogP contribution in [0, 0.1) is 0 Å². The molecule has 6 heteroatoms. The van der Waals surface area contributed by atoms with Crippen LogP contribution in [0.15, 0.2) is 18.2 Å². The van der Waals surface area contributed by atoms with E-state index in [2.05, 4.69) is 17.9 Å². The zero-order valence-corrected chi connectivity index (χ0v) is 11.4. The fourth-order valence-electron chi connectivity index (χ4n) is 1.67. The van der Waals surface area contributed by atoms with E-state index in [0.717, 1.165) is 11.5 Å². The Morgan fingerprint density at radius 1 is 1.37 bits per heavy atom. The minimum Gasteiger partial charge on any atom is -0.493 e. The first-order chi connectivity index (χ1) is 9.29. The minimum absolute atomic E-state index is 0.0309. The molecule has 0 fully saturated rings. The minimum atomic E-state index is 0.0309. The predicted octanol–water partition coefficient (Wildman–Crippen LogP) is 1.62. The lowest BCUT2D eigenvalue weighted by Gasteiger charge is -2.07. The SMILES string of the molecule is O=C(CCCOc1ccc2c(c1)OCO2)NCCS. The highest BCUT2D eigenvalue weighted by molar-refractivity contribution is 7.80. The van der Waals surface area contributed by atoms with Gasteiger partial charge in [-0.1, -0.05) is 0 Å². The molecular formula is C13H17NO4S. The van der Waals surface area contributed by atoms with Gasteiger partial charge in [0, 0.05) is 24.8 Å². The van der Waals surface area contributed by atoms with Crippen LogP contribution in [0.1, 0.15) is 12.8 Å². The van der Waals surface area contributed by atoms with Crippen molar-refractivity contribution in [2.75, 3.05) is 25.7 Å². The number of nitrogens with one attached hydrogen (secondary N) is 1. The van der Waals surface area contributed by atoms with Gasteiger partial charge in [0.2, 0.25) is 12.7 Å². The second kappa shape index (κ2) is 7.13. The molecule has 1 aliphatic rings. The Labute approximate surface area is 117 Å². The summed E-state index contributed by atoms with van der Waals surface area (Å²) < 4.78 is 16.0. The first kappa shape index (κ1) is 13.9. The van der Waals surface area contributed by atoms with E-state index in [-0.39, 0.29) is 12.7 Å². The van der Waals surface area contributed by atoms with Crippen molar-refractivity contribution < 1.29 is 19.0 Å². The summed E-state index contributed by atoms with van der Waals surface area (Å²) in [6, 6.07) is 5.44. The smallest absolute Gasteiger partial charge is 0.231 e. The van der Waals surface area contributed by atoms with Crippen LogP contribution >= 0.6 is 12.6 Å². The van der Waals surface area contributed by atoms with Crippen molar-refractivity contribution in [3.63, 3.8) is 0 Å². The summed E-state index contributed by atoms with van der Waals surface area (Å²) in [4.78, 5) is 11.3. The average Bonchev–Trinajstić information content (AvgIpc) is 2.88. The molecule has 0 aromatic heterocycles. The zero-order valence-electron chi connectivity index (χ0n) is 10.6. The Hall–Kier alpha value is -1.56. The molecule has 19 heavy (non-hydrogen) atoms. The van der Waals surface area contributed by atoms with E-state index in [1.54, 1.807) is 6.07 Å². The lowest BCUT2D eigenvalue weighted by molar-refractivity contribution is -0.121. The molecule has 1 amide bonds. The lowest BCUT2D eigenvalue weighted by Crippen LogP contribution is -2.25. The summed E-state index contributed by atoms with van der Waals surface area (Å²) in [5.41, 5.74) is 0. The molecule has 0 radical (unpaired) electrons. The fraction of sp³-hybridized carbons (Fsp3) is 0.462. The van der Waals surface area contributed by atoms with E-state index in [1.807, 2.05) is 12.1 Å². The number of benzene rings is 1. The van der Waals surface area contributed by atoms with Crippen molar-refractivity contribution in [2.24, 2.45) is 0 Å². The maximum absolute atomic E-state index is 11.3. The molecule has 1 aliphatic heterocycles. The molecule has 104 valence electrons. The van der Waals surface area contributed by atoms with Crippen LogP contribution in [-0.2, 0) is 4.79 Å². The summed E-state index contributed by atoms with van der Waals surface area (Å²) >= 11 is 4.02. The topological polar surface area (TPSA) is 56.8 Å². The Bertz CT molecular complexity index is 439. The largest absolute Gasteiger partial charge is 0.493 e. The van der Waals surface area contributed by atoms with Crippen molar-refractivity contribution in [2.45, 2.75) is 12.8 Å². The number of hydrogen-bond donors (Lipinski definition) is 2. The molecular weight excluding hydrogens is 266 g/mol.